The van der Waals surface area contributed by atoms with Crippen LogP contribution in [0.5, 0.6) is 0 Å². The van der Waals surface area contributed by atoms with Gasteiger partial charge in [0.2, 0.25) is 23.6 Å². The van der Waals surface area contributed by atoms with Crippen LogP contribution in [0.3, 0.4) is 0 Å². The molecule has 4 N–H and O–H groups in total. The first-order chi connectivity index (χ1) is 14.5. The van der Waals surface area contributed by atoms with Crippen LogP contribution in [0.25, 0.3) is 0 Å². The highest BCUT2D eigenvalue weighted by Crippen LogP contribution is 2.23. The number of rotatable bonds is 10. The third-order valence-corrected chi connectivity index (χ3v) is 6.54. The third-order valence-electron chi connectivity index (χ3n) is 5.29. The van der Waals surface area contributed by atoms with Crippen LogP contribution in [0.2, 0.25) is 0 Å². The number of primary amides is 2. The molecule has 0 aromatic heterocycles. The lowest BCUT2D eigenvalue weighted by molar-refractivity contribution is -0.759. The summed E-state index contributed by atoms with van der Waals surface area (Å²) in [4.78, 5) is 62.7. The quantitative estimate of drug-likeness (QED) is 0.163. The predicted octanol–water partition coefficient (Wildman–Crippen LogP) is -0.159. The van der Waals surface area contributed by atoms with Crippen molar-refractivity contribution in [2.24, 2.45) is 23.3 Å². The number of carbonyl (C=O) groups excluding carboxylic acids is 4. The van der Waals surface area contributed by atoms with Crippen LogP contribution in [0, 0.1) is 22.0 Å². The minimum absolute atomic E-state index is 0.0670. The van der Waals surface area contributed by atoms with E-state index in [9.17, 15) is 29.3 Å². The van der Waals surface area contributed by atoms with Crippen LogP contribution in [0.15, 0.2) is 0 Å². The average Bonchev–Trinajstić information content (AvgIpc) is 3.24. The molecule has 2 aliphatic rings. The summed E-state index contributed by atoms with van der Waals surface area (Å²) in [6, 6.07) is -1.04. The number of nitrogens with zero attached hydrogens (tertiary/aromatic N) is 3. The van der Waals surface area contributed by atoms with Crippen molar-refractivity contribution in [3.8, 4) is 0 Å². The minimum Gasteiger partial charge on any atom is -0.368 e. The first-order valence-corrected chi connectivity index (χ1v) is 11.6. The number of alkyl halides is 1. The average molecular weight is 555 g/mol. The summed E-state index contributed by atoms with van der Waals surface area (Å²) in [5.74, 6) is -0.977. The summed E-state index contributed by atoms with van der Waals surface area (Å²) in [6.45, 7) is 4.45. The summed E-state index contributed by atoms with van der Waals surface area (Å²) in [6.07, 6.45) is 1.75. The highest BCUT2D eigenvalue weighted by atomic mass is 127. The van der Waals surface area contributed by atoms with Crippen molar-refractivity contribution in [1.29, 1.82) is 0 Å². The lowest BCUT2D eigenvalue weighted by Gasteiger charge is -2.24. The molecular formula is C18H30IN5O7. The summed E-state index contributed by atoms with van der Waals surface area (Å²) in [7, 11) is 0. The molecule has 176 valence electrons. The number of amides is 4. The van der Waals surface area contributed by atoms with Gasteiger partial charge in [-0.15, -0.1) is 10.1 Å². The second-order valence-electron chi connectivity index (χ2n) is 7.56. The number of hydrogen-bond donors (Lipinski definition) is 2. The van der Waals surface area contributed by atoms with Gasteiger partial charge in [-0.25, -0.2) is 0 Å². The van der Waals surface area contributed by atoms with Crippen LogP contribution in [-0.4, -0.2) is 74.7 Å². The monoisotopic (exact) mass is 555 g/mol. The second kappa shape index (κ2) is 12.6. The van der Waals surface area contributed by atoms with Gasteiger partial charge in [0.15, 0.2) is 0 Å². The second-order valence-corrected chi connectivity index (χ2v) is 8.44. The maximum absolute atomic E-state index is 11.6. The summed E-state index contributed by atoms with van der Waals surface area (Å²) in [5.41, 5.74) is 10.4. The molecule has 0 bridgehead atoms. The Balaban J connectivity index is 0.000000316. The van der Waals surface area contributed by atoms with Crippen molar-refractivity contribution in [1.82, 2.24) is 9.80 Å². The van der Waals surface area contributed by atoms with Gasteiger partial charge in [-0.05, 0) is 18.8 Å². The molecule has 31 heavy (non-hydrogen) atoms. The Kier molecular flexibility index (Phi) is 10.9. The number of nitrogens with two attached hydrogens (primary N) is 2. The Morgan fingerprint density at radius 3 is 1.81 bits per heavy atom. The van der Waals surface area contributed by atoms with Crippen LogP contribution in [0.4, 0.5) is 0 Å². The molecule has 13 heteroatoms. The number of halogens is 1. The van der Waals surface area contributed by atoms with Gasteiger partial charge in [-0.3, -0.25) is 19.2 Å². The van der Waals surface area contributed by atoms with Gasteiger partial charge in [-0.1, -0.05) is 36.4 Å². The lowest BCUT2D eigenvalue weighted by atomic mass is 10.1. The summed E-state index contributed by atoms with van der Waals surface area (Å²) < 4.78 is 0.954. The molecule has 0 aliphatic carbocycles. The topological polar surface area (TPSA) is 179 Å². The Morgan fingerprint density at radius 1 is 1.06 bits per heavy atom. The first kappa shape index (κ1) is 26.8. The van der Waals surface area contributed by atoms with Crippen molar-refractivity contribution in [2.45, 2.75) is 51.6 Å². The number of likely N-dealkylation sites (tertiary alicyclic amines) is 2. The van der Waals surface area contributed by atoms with Crippen LogP contribution in [-0.2, 0) is 24.0 Å². The van der Waals surface area contributed by atoms with Crippen molar-refractivity contribution >= 4 is 46.2 Å². The fraction of sp³-hybridized carbons (Fsp3) is 0.778. The molecule has 0 saturated carbocycles. The van der Waals surface area contributed by atoms with Crippen molar-refractivity contribution in [2.75, 3.05) is 24.1 Å². The zero-order chi connectivity index (χ0) is 23.7. The van der Waals surface area contributed by atoms with E-state index < -0.39 is 29.0 Å². The van der Waals surface area contributed by atoms with Crippen LogP contribution < -0.4 is 11.5 Å². The molecule has 0 radical (unpaired) electrons. The zero-order valence-electron chi connectivity index (χ0n) is 17.7. The molecule has 4 amide bonds. The molecule has 2 rings (SSSR count). The van der Waals surface area contributed by atoms with Gasteiger partial charge in [0.1, 0.15) is 18.7 Å². The molecule has 2 heterocycles. The number of carbonyl (C=O) groups is 4. The highest BCUT2D eigenvalue weighted by molar-refractivity contribution is 14.1. The van der Waals surface area contributed by atoms with Crippen LogP contribution in [0.1, 0.15) is 39.5 Å². The van der Waals surface area contributed by atoms with E-state index in [0.29, 0.717) is 31.7 Å². The van der Waals surface area contributed by atoms with E-state index in [2.05, 4.69) is 27.4 Å². The SMILES string of the molecule is CC[C@@H](C(N)=O)N1CC(CI)CC1=O.CC[C@@H](C(N)=O)N1CC(CO[N+](=O)[O-])CC1=O. The molecule has 0 aromatic rings. The normalized spacial score (nSPS) is 22.5. The third kappa shape index (κ3) is 7.78. The zero-order valence-corrected chi connectivity index (χ0v) is 19.9. The van der Waals surface area contributed by atoms with E-state index in [1.165, 1.54) is 4.90 Å². The molecule has 2 saturated heterocycles. The molecule has 2 unspecified atom stereocenters. The van der Waals surface area contributed by atoms with E-state index >= 15 is 0 Å². The Bertz CT molecular complexity index is 692. The predicted molar refractivity (Wildman–Crippen MR) is 118 cm³/mol. The molecule has 2 fully saturated rings. The first-order valence-electron chi connectivity index (χ1n) is 10.1. The molecule has 2 aliphatic heterocycles. The van der Waals surface area contributed by atoms with Crippen molar-refractivity contribution in [3.05, 3.63) is 10.1 Å². The standard InChI is InChI=1S/C9H15IN2O2.C9H15N3O5/c1-2-7(9(11)14)12-5-6(4-10)3-8(12)13;1-2-7(9(10)14)11-4-6(3-8(11)13)5-17-12(15)16/h6-7H,2-5H2,1H3,(H2,11,14);6-7H,2-5H2,1H3,(H2,10,14)/t2*6?,7-/m00/s1. The van der Waals surface area contributed by atoms with Gasteiger partial charge in [-0.2, -0.15) is 0 Å². The molecule has 0 aromatic carbocycles. The smallest absolute Gasteiger partial charge is 0.294 e. The highest BCUT2D eigenvalue weighted by Gasteiger charge is 2.36. The maximum Gasteiger partial charge on any atom is 0.294 e. The van der Waals surface area contributed by atoms with E-state index in [4.69, 9.17) is 11.5 Å². The minimum atomic E-state index is -0.890. The van der Waals surface area contributed by atoms with E-state index in [1.807, 2.05) is 6.92 Å². The summed E-state index contributed by atoms with van der Waals surface area (Å²) >= 11 is 2.27. The van der Waals surface area contributed by atoms with Gasteiger partial charge in [0.05, 0.1) is 0 Å². The summed E-state index contributed by atoms with van der Waals surface area (Å²) in [5, 5.41) is 9.14. The maximum atomic E-state index is 11.6. The molecular weight excluding hydrogens is 525 g/mol. The lowest BCUT2D eigenvalue weighted by Crippen LogP contribution is -2.45. The van der Waals surface area contributed by atoms with Gasteiger partial charge >= 0.3 is 0 Å². The molecule has 0 spiro atoms. The number of hydrogen-bond acceptors (Lipinski definition) is 7. The van der Waals surface area contributed by atoms with Gasteiger partial charge in [0, 0.05) is 36.3 Å². The fourth-order valence-electron chi connectivity index (χ4n) is 3.75. The van der Waals surface area contributed by atoms with Crippen molar-refractivity contribution in [3.63, 3.8) is 0 Å². The van der Waals surface area contributed by atoms with E-state index in [-0.39, 0.29) is 37.3 Å². The van der Waals surface area contributed by atoms with Crippen LogP contribution >= 0.6 is 22.6 Å². The van der Waals surface area contributed by atoms with Gasteiger partial charge in [0.25, 0.3) is 5.09 Å². The molecule has 4 atom stereocenters. The van der Waals surface area contributed by atoms with Crippen molar-refractivity contribution < 1.29 is 29.1 Å². The Labute approximate surface area is 194 Å². The van der Waals surface area contributed by atoms with Gasteiger partial charge < -0.3 is 26.1 Å². The molecule has 12 nitrogen and oxygen atoms in total. The Hall–Kier alpha value is -2.19. The fourth-order valence-corrected chi connectivity index (χ4v) is 4.34. The van der Waals surface area contributed by atoms with E-state index in [1.54, 1.807) is 11.8 Å². The largest absolute Gasteiger partial charge is 0.368 e. The Morgan fingerprint density at radius 2 is 1.48 bits per heavy atom. The van der Waals surface area contributed by atoms with E-state index in [0.717, 1.165) is 4.43 Å².